The number of nitrogens with one attached hydrogen (secondary N) is 1. The van der Waals surface area contributed by atoms with Gasteiger partial charge in [0.25, 0.3) is 0 Å². The molecule has 0 radical (unpaired) electrons. The van der Waals surface area contributed by atoms with Crippen molar-refractivity contribution in [3.05, 3.63) is 24.0 Å². The van der Waals surface area contributed by atoms with E-state index in [0.717, 1.165) is 18.4 Å². The Morgan fingerprint density at radius 1 is 1.64 bits per heavy atom. The Labute approximate surface area is 65.2 Å². The first-order valence-electron chi connectivity index (χ1n) is 3.82. The van der Waals surface area contributed by atoms with Gasteiger partial charge in [-0.25, -0.2) is 0 Å². The van der Waals surface area contributed by atoms with Crippen LogP contribution in [0.5, 0.6) is 0 Å². The van der Waals surface area contributed by atoms with Gasteiger partial charge in [-0.2, -0.15) is 0 Å². The van der Waals surface area contributed by atoms with Crippen LogP contribution in [-0.2, 0) is 0 Å². The second kappa shape index (κ2) is 2.09. The lowest BCUT2D eigenvalue weighted by molar-refractivity contribution is 0.136. The van der Waals surface area contributed by atoms with Crippen molar-refractivity contribution < 1.29 is 5.11 Å². The Balaban J connectivity index is 2.17. The summed E-state index contributed by atoms with van der Waals surface area (Å²) < 4.78 is 0. The highest BCUT2D eigenvalue weighted by molar-refractivity contribution is 5.21. The average molecular weight is 152 g/mol. The minimum atomic E-state index is -0.492. The van der Waals surface area contributed by atoms with Crippen molar-refractivity contribution in [1.82, 2.24) is 4.98 Å². The third kappa shape index (κ3) is 1.06. The Bertz CT molecular complexity index is 239. The summed E-state index contributed by atoms with van der Waals surface area (Å²) in [6.07, 6.45) is 4.95. The maximum atomic E-state index is 9.66. The quantitative estimate of drug-likeness (QED) is 0.579. The lowest BCUT2D eigenvalue weighted by atomic mass is 10.0. The molecule has 1 fully saturated rings. The van der Waals surface area contributed by atoms with E-state index >= 15 is 0 Å². The zero-order valence-corrected chi connectivity index (χ0v) is 6.25. The molecular weight excluding hydrogens is 140 g/mol. The molecule has 1 saturated carbocycles. The van der Waals surface area contributed by atoms with E-state index in [4.69, 9.17) is 5.73 Å². The van der Waals surface area contributed by atoms with Crippen LogP contribution in [0.3, 0.4) is 0 Å². The van der Waals surface area contributed by atoms with Crippen molar-refractivity contribution in [3.63, 3.8) is 0 Å². The number of H-pyrrole nitrogens is 1. The van der Waals surface area contributed by atoms with Crippen LogP contribution in [-0.4, -0.2) is 15.6 Å². The van der Waals surface area contributed by atoms with Crippen LogP contribution < -0.4 is 5.73 Å². The normalized spacial score (nSPS) is 23.1. The third-order valence-corrected chi connectivity index (χ3v) is 2.31. The van der Waals surface area contributed by atoms with Gasteiger partial charge < -0.3 is 15.8 Å². The van der Waals surface area contributed by atoms with Crippen molar-refractivity contribution in [2.45, 2.75) is 24.5 Å². The van der Waals surface area contributed by atoms with Crippen LogP contribution in [0.25, 0.3) is 0 Å². The van der Waals surface area contributed by atoms with E-state index in [1.165, 1.54) is 0 Å². The highest BCUT2D eigenvalue weighted by Crippen LogP contribution is 2.43. The fraction of sp³-hybridized carbons (Fsp3) is 0.500. The molecule has 0 amide bonds. The lowest BCUT2D eigenvalue weighted by Crippen LogP contribution is -2.30. The molecule has 0 spiro atoms. The molecule has 4 N–H and O–H groups in total. The van der Waals surface area contributed by atoms with E-state index in [2.05, 4.69) is 4.98 Å². The van der Waals surface area contributed by atoms with Gasteiger partial charge in [0.05, 0.1) is 6.10 Å². The van der Waals surface area contributed by atoms with Crippen molar-refractivity contribution >= 4 is 0 Å². The molecule has 3 heteroatoms. The molecule has 1 aromatic heterocycles. The second-order valence-corrected chi connectivity index (χ2v) is 3.28. The minimum Gasteiger partial charge on any atom is -0.386 e. The van der Waals surface area contributed by atoms with Gasteiger partial charge in [-0.1, -0.05) is 0 Å². The first-order chi connectivity index (χ1) is 5.22. The van der Waals surface area contributed by atoms with Crippen molar-refractivity contribution in [2.24, 2.45) is 5.73 Å². The average Bonchev–Trinajstić information content (AvgIpc) is 2.54. The molecule has 11 heavy (non-hydrogen) atoms. The van der Waals surface area contributed by atoms with Crippen LogP contribution in [0.4, 0.5) is 0 Å². The first kappa shape index (κ1) is 6.88. The molecule has 0 aliphatic heterocycles. The van der Waals surface area contributed by atoms with Gasteiger partial charge in [0, 0.05) is 17.9 Å². The molecule has 1 atom stereocenters. The zero-order valence-electron chi connectivity index (χ0n) is 6.25. The third-order valence-electron chi connectivity index (χ3n) is 2.31. The zero-order chi connectivity index (χ0) is 7.90. The number of hydrogen-bond donors (Lipinski definition) is 3. The maximum Gasteiger partial charge on any atom is 0.0983 e. The predicted octanol–water partition coefficient (Wildman–Crippen LogP) is 0.539. The van der Waals surface area contributed by atoms with Crippen LogP contribution in [0.1, 0.15) is 24.5 Å². The van der Waals surface area contributed by atoms with Gasteiger partial charge in [0.1, 0.15) is 0 Å². The molecule has 1 aliphatic carbocycles. The molecule has 0 saturated heterocycles. The summed E-state index contributed by atoms with van der Waals surface area (Å²) in [5.41, 5.74) is 6.38. The summed E-state index contributed by atoms with van der Waals surface area (Å²) in [4.78, 5) is 2.89. The number of aromatic nitrogens is 1. The summed E-state index contributed by atoms with van der Waals surface area (Å²) in [6.45, 7) is 0. The molecule has 60 valence electrons. The minimum absolute atomic E-state index is 0.331. The van der Waals surface area contributed by atoms with E-state index in [9.17, 15) is 5.11 Å². The monoisotopic (exact) mass is 152 g/mol. The fourth-order valence-electron chi connectivity index (χ4n) is 1.26. The van der Waals surface area contributed by atoms with Gasteiger partial charge in [-0.3, -0.25) is 0 Å². The molecule has 0 aromatic carbocycles. The van der Waals surface area contributed by atoms with Crippen molar-refractivity contribution in [2.75, 3.05) is 0 Å². The fourth-order valence-corrected chi connectivity index (χ4v) is 1.26. The van der Waals surface area contributed by atoms with Gasteiger partial charge in [-0.05, 0) is 24.5 Å². The summed E-state index contributed by atoms with van der Waals surface area (Å²) >= 11 is 0. The van der Waals surface area contributed by atoms with Gasteiger partial charge >= 0.3 is 0 Å². The van der Waals surface area contributed by atoms with E-state index in [1.54, 1.807) is 12.4 Å². The summed E-state index contributed by atoms with van der Waals surface area (Å²) in [5.74, 6) is 0. The van der Waals surface area contributed by atoms with E-state index in [0.29, 0.717) is 0 Å². The number of aliphatic hydroxyl groups excluding tert-OH is 1. The van der Waals surface area contributed by atoms with Crippen LogP contribution >= 0.6 is 0 Å². The first-order valence-corrected chi connectivity index (χ1v) is 3.82. The number of hydrogen-bond acceptors (Lipinski definition) is 2. The molecule has 1 heterocycles. The maximum absolute atomic E-state index is 9.66. The Kier molecular flexibility index (Phi) is 1.31. The van der Waals surface area contributed by atoms with Crippen molar-refractivity contribution in [1.29, 1.82) is 0 Å². The van der Waals surface area contributed by atoms with E-state index in [1.807, 2.05) is 6.07 Å². The highest BCUT2D eigenvalue weighted by atomic mass is 16.3. The largest absolute Gasteiger partial charge is 0.386 e. The molecule has 0 bridgehead atoms. The smallest absolute Gasteiger partial charge is 0.0983 e. The lowest BCUT2D eigenvalue weighted by Gasteiger charge is -2.15. The Hall–Kier alpha value is -0.800. The van der Waals surface area contributed by atoms with Crippen molar-refractivity contribution in [3.8, 4) is 0 Å². The standard InChI is InChI=1S/C8H12N2O/c9-8(2-3-8)7(11)6-1-4-10-5-6/h1,4-5,7,10-11H,2-3,9H2. The second-order valence-electron chi connectivity index (χ2n) is 3.28. The van der Waals surface area contributed by atoms with Gasteiger partial charge in [-0.15, -0.1) is 0 Å². The highest BCUT2D eigenvalue weighted by Gasteiger charge is 2.45. The van der Waals surface area contributed by atoms with Crippen LogP contribution in [0.2, 0.25) is 0 Å². The van der Waals surface area contributed by atoms with E-state index < -0.39 is 6.10 Å². The molecule has 1 aliphatic rings. The number of rotatable bonds is 2. The van der Waals surface area contributed by atoms with Gasteiger partial charge in [0.2, 0.25) is 0 Å². The number of aromatic amines is 1. The Morgan fingerprint density at radius 2 is 2.36 bits per heavy atom. The van der Waals surface area contributed by atoms with Gasteiger partial charge in [0.15, 0.2) is 0 Å². The Morgan fingerprint density at radius 3 is 2.82 bits per heavy atom. The molecule has 1 aromatic rings. The summed E-state index contributed by atoms with van der Waals surface area (Å²) in [5, 5.41) is 9.66. The molecule has 1 unspecified atom stereocenters. The predicted molar refractivity (Wildman–Crippen MR) is 41.9 cm³/mol. The molecule has 2 rings (SSSR count). The molecule has 3 nitrogen and oxygen atoms in total. The SMILES string of the molecule is NC1(C(O)c2cc[nH]c2)CC1. The molecular formula is C8H12N2O. The number of nitrogens with two attached hydrogens (primary N) is 1. The van der Waals surface area contributed by atoms with E-state index in [-0.39, 0.29) is 5.54 Å². The topological polar surface area (TPSA) is 62.0 Å². The summed E-state index contributed by atoms with van der Waals surface area (Å²) in [7, 11) is 0. The number of aliphatic hydroxyl groups is 1. The van der Waals surface area contributed by atoms with Crippen LogP contribution in [0.15, 0.2) is 18.5 Å². The van der Waals surface area contributed by atoms with Crippen LogP contribution in [0, 0.1) is 0 Å². The summed E-state index contributed by atoms with van der Waals surface area (Å²) in [6, 6.07) is 1.86.